The van der Waals surface area contributed by atoms with Crippen LogP contribution in [0.25, 0.3) is 10.9 Å². The summed E-state index contributed by atoms with van der Waals surface area (Å²) in [5.74, 6) is -0.289. The van der Waals surface area contributed by atoms with Crippen molar-refractivity contribution in [3.8, 4) is 0 Å². The molecule has 1 aromatic heterocycles. The first-order chi connectivity index (χ1) is 11.7. The second kappa shape index (κ2) is 6.36. The average molecular weight is 331 g/mol. The van der Waals surface area contributed by atoms with Gasteiger partial charge < -0.3 is 0 Å². The molecule has 0 N–H and O–H groups in total. The molecule has 1 aliphatic heterocycles. The summed E-state index contributed by atoms with van der Waals surface area (Å²) in [6, 6.07) is 5.07. The lowest BCUT2D eigenvalue weighted by molar-refractivity contribution is 0.0188. The molecule has 2 fully saturated rings. The quantitative estimate of drug-likeness (QED) is 0.838. The number of benzene rings is 1. The molecule has 1 aromatic carbocycles. The molecule has 2 aliphatic rings. The van der Waals surface area contributed by atoms with Gasteiger partial charge in [0.25, 0.3) is 5.56 Å². The molecule has 130 valence electrons. The summed E-state index contributed by atoms with van der Waals surface area (Å²) < 4.78 is 17.4. The largest absolute Gasteiger partial charge is 0.283 e. The molecule has 24 heavy (non-hydrogen) atoms. The minimum Gasteiger partial charge on any atom is -0.283 e. The smallest absolute Gasteiger partial charge is 0.276 e. The van der Waals surface area contributed by atoms with Crippen molar-refractivity contribution >= 4 is 10.9 Å². The number of fused-ring (bicyclic) bond motifs is 1. The first kappa shape index (κ1) is 15.9. The molecule has 1 atom stereocenters. The van der Waals surface area contributed by atoms with Gasteiger partial charge in [0.1, 0.15) is 12.0 Å². The van der Waals surface area contributed by atoms with Crippen molar-refractivity contribution in [3.63, 3.8) is 0 Å². The van der Waals surface area contributed by atoms with Gasteiger partial charge in [0.05, 0.1) is 10.9 Å². The first-order valence-corrected chi connectivity index (χ1v) is 9.29. The Bertz CT molecular complexity index is 788. The highest BCUT2D eigenvalue weighted by Crippen LogP contribution is 2.33. The lowest BCUT2D eigenvalue weighted by Gasteiger charge is -2.43. The molecule has 4 rings (SSSR count). The molecular formula is C19H26FN3O. The van der Waals surface area contributed by atoms with Crippen LogP contribution in [0.15, 0.2) is 23.0 Å². The molecule has 0 spiro atoms. The summed E-state index contributed by atoms with van der Waals surface area (Å²) >= 11 is 0. The van der Waals surface area contributed by atoms with Crippen LogP contribution in [0.2, 0.25) is 0 Å². The van der Waals surface area contributed by atoms with Crippen molar-refractivity contribution in [2.24, 2.45) is 7.05 Å². The summed E-state index contributed by atoms with van der Waals surface area (Å²) in [5, 5.41) is 0.619. The van der Waals surface area contributed by atoms with E-state index in [9.17, 15) is 9.18 Å². The molecule has 1 saturated heterocycles. The topological polar surface area (TPSA) is 30.2 Å². The Kier molecular flexibility index (Phi) is 4.21. The van der Waals surface area contributed by atoms with Gasteiger partial charge in [-0.25, -0.2) is 9.07 Å². The van der Waals surface area contributed by atoms with Gasteiger partial charge >= 0.3 is 0 Å². The van der Waals surface area contributed by atoms with E-state index in [0.717, 1.165) is 19.4 Å². The molecule has 2 heterocycles. The van der Waals surface area contributed by atoms with E-state index in [1.54, 1.807) is 6.07 Å². The lowest BCUT2D eigenvalue weighted by atomic mass is 9.92. The van der Waals surface area contributed by atoms with E-state index in [0.29, 0.717) is 16.9 Å². The Morgan fingerprint density at radius 1 is 1.04 bits per heavy atom. The first-order valence-electron chi connectivity index (χ1n) is 9.29. The molecule has 5 heteroatoms. The summed E-state index contributed by atoms with van der Waals surface area (Å²) in [6.45, 7) is 1.07. The summed E-state index contributed by atoms with van der Waals surface area (Å²) in [4.78, 5) is 15.5. The van der Waals surface area contributed by atoms with Crippen LogP contribution >= 0.6 is 0 Å². The number of hydrogen-bond acceptors (Lipinski definition) is 2. The molecule has 2 aromatic rings. The number of aromatic nitrogens is 2. The fourth-order valence-corrected chi connectivity index (χ4v) is 4.70. The van der Waals surface area contributed by atoms with E-state index in [-0.39, 0.29) is 17.5 Å². The van der Waals surface area contributed by atoms with Gasteiger partial charge in [-0.2, -0.15) is 0 Å². The maximum Gasteiger partial charge on any atom is 0.276 e. The van der Waals surface area contributed by atoms with Crippen LogP contribution in [-0.4, -0.2) is 26.9 Å². The van der Waals surface area contributed by atoms with E-state index < -0.39 is 0 Å². The Balaban J connectivity index is 1.78. The summed E-state index contributed by atoms with van der Waals surface area (Å²) in [6.07, 6.45) is 9.87. The van der Waals surface area contributed by atoms with Gasteiger partial charge in [-0.3, -0.25) is 14.4 Å². The van der Waals surface area contributed by atoms with E-state index in [2.05, 4.69) is 4.90 Å². The molecule has 0 radical (unpaired) electrons. The van der Waals surface area contributed by atoms with Crippen LogP contribution in [-0.2, 0) is 7.05 Å². The summed E-state index contributed by atoms with van der Waals surface area (Å²) in [7, 11) is 1.89. The van der Waals surface area contributed by atoms with Gasteiger partial charge in [0, 0.05) is 19.6 Å². The van der Waals surface area contributed by atoms with Gasteiger partial charge in [-0.05, 0) is 50.3 Å². The molecular weight excluding hydrogens is 305 g/mol. The van der Waals surface area contributed by atoms with Gasteiger partial charge in [0.2, 0.25) is 0 Å². The molecule has 1 aliphatic carbocycles. The predicted molar refractivity (Wildman–Crippen MR) is 93.6 cm³/mol. The Morgan fingerprint density at radius 2 is 1.79 bits per heavy atom. The minimum absolute atomic E-state index is 0.0141. The maximum absolute atomic E-state index is 13.6. The maximum atomic E-state index is 13.6. The molecule has 4 nitrogen and oxygen atoms in total. The Labute approximate surface area is 141 Å². The van der Waals surface area contributed by atoms with E-state index >= 15 is 0 Å². The molecule has 1 unspecified atom stereocenters. The highest BCUT2D eigenvalue weighted by atomic mass is 19.1. The summed E-state index contributed by atoms with van der Waals surface area (Å²) in [5.41, 5.74) is 0.703. The van der Waals surface area contributed by atoms with Crippen molar-refractivity contribution in [1.29, 1.82) is 0 Å². The second-order valence-electron chi connectivity index (χ2n) is 7.34. The number of aryl methyl sites for hydroxylation is 1. The van der Waals surface area contributed by atoms with Crippen LogP contribution in [0.3, 0.4) is 0 Å². The number of hydrogen-bond donors (Lipinski definition) is 0. The zero-order valence-corrected chi connectivity index (χ0v) is 14.4. The third kappa shape index (κ3) is 2.59. The van der Waals surface area contributed by atoms with Gasteiger partial charge in [0.15, 0.2) is 0 Å². The fraction of sp³-hybridized carbons (Fsp3) is 0.632. The van der Waals surface area contributed by atoms with Crippen LogP contribution in [0.4, 0.5) is 4.39 Å². The Hall–Kier alpha value is -1.62. The highest BCUT2D eigenvalue weighted by Gasteiger charge is 2.33. The fourth-order valence-electron chi connectivity index (χ4n) is 4.70. The Morgan fingerprint density at radius 3 is 2.58 bits per heavy atom. The van der Waals surface area contributed by atoms with Crippen LogP contribution in [0.5, 0.6) is 0 Å². The van der Waals surface area contributed by atoms with Crippen LogP contribution in [0, 0.1) is 5.82 Å². The molecule has 0 amide bonds. The lowest BCUT2D eigenvalue weighted by Crippen LogP contribution is -2.48. The zero-order valence-electron chi connectivity index (χ0n) is 14.4. The predicted octanol–water partition coefficient (Wildman–Crippen LogP) is 3.80. The third-order valence-corrected chi connectivity index (χ3v) is 5.91. The van der Waals surface area contributed by atoms with Crippen molar-refractivity contribution in [2.75, 3.05) is 6.54 Å². The number of nitrogens with zero attached hydrogens (tertiary/aromatic N) is 3. The van der Waals surface area contributed by atoms with Gasteiger partial charge in [-0.15, -0.1) is 0 Å². The zero-order chi connectivity index (χ0) is 16.7. The monoisotopic (exact) mass is 331 g/mol. The third-order valence-electron chi connectivity index (χ3n) is 5.91. The number of likely N-dealkylation sites (tertiary alicyclic amines) is 1. The average Bonchev–Trinajstić information content (AvgIpc) is 2.86. The molecule has 0 bridgehead atoms. The van der Waals surface area contributed by atoms with E-state index in [1.165, 1.54) is 50.7 Å². The number of piperidine rings is 1. The van der Waals surface area contributed by atoms with Crippen molar-refractivity contribution < 1.29 is 4.39 Å². The standard InChI is InChI=1S/C19H26FN3O/c1-21-17-13-14(20)10-11-16(17)19(24)23(21)18-9-5-6-12-22(18)15-7-3-2-4-8-15/h10-11,13,15,18H,2-9,12H2,1H3. The van der Waals surface area contributed by atoms with Crippen molar-refractivity contribution in [3.05, 3.63) is 34.4 Å². The van der Waals surface area contributed by atoms with Crippen molar-refractivity contribution in [2.45, 2.75) is 63.6 Å². The van der Waals surface area contributed by atoms with E-state index in [1.807, 2.05) is 16.4 Å². The number of rotatable bonds is 2. The SMILES string of the molecule is Cn1c2cc(F)ccc2c(=O)n1C1CCCCN1C1CCCCC1. The minimum atomic E-state index is -0.289. The van der Waals surface area contributed by atoms with Gasteiger partial charge in [-0.1, -0.05) is 19.3 Å². The van der Waals surface area contributed by atoms with Crippen LogP contribution < -0.4 is 5.56 Å². The van der Waals surface area contributed by atoms with Crippen LogP contribution in [0.1, 0.15) is 57.5 Å². The number of halogens is 1. The normalized spacial score (nSPS) is 23.8. The second-order valence-corrected chi connectivity index (χ2v) is 7.34. The molecule has 1 saturated carbocycles. The highest BCUT2D eigenvalue weighted by molar-refractivity contribution is 5.78. The van der Waals surface area contributed by atoms with E-state index in [4.69, 9.17) is 0 Å². The van der Waals surface area contributed by atoms with Crippen molar-refractivity contribution in [1.82, 2.24) is 14.3 Å².